The highest BCUT2D eigenvalue weighted by Gasteiger charge is 2.21. The zero-order chi connectivity index (χ0) is 11.9. The molecule has 0 aromatic carbocycles. The number of methoxy groups -OCH3 is 1. The van der Waals surface area contributed by atoms with Crippen molar-refractivity contribution in [3.8, 4) is 0 Å². The predicted molar refractivity (Wildman–Crippen MR) is 77.5 cm³/mol. The monoisotopic (exact) mass is 254 g/mol. The smallest absolute Gasteiger partial charge is 0.0571 e. The Labute approximate surface area is 110 Å². The molecule has 0 bridgehead atoms. The summed E-state index contributed by atoms with van der Waals surface area (Å²) in [6, 6.07) is 3.28. The van der Waals surface area contributed by atoms with Crippen LogP contribution >= 0.6 is 0 Å². The minimum absolute atomic E-state index is 0.412. The summed E-state index contributed by atoms with van der Waals surface area (Å²) >= 11 is 0. The van der Waals surface area contributed by atoms with Gasteiger partial charge in [-0.2, -0.15) is 0 Å². The summed E-state index contributed by atoms with van der Waals surface area (Å²) in [5.74, 6) is 2.14. The van der Waals surface area contributed by atoms with Crippen LogP contribution in [0, 0.1) is 11.8 Å². The highest BCUT2D eigenvalue weighted by molar-refractivity contribution is 6.35. The van der Waals surface area contributed by atoms with Crippen molar-refractivity contribution in [2.24, 2.45) is 11.8 Å². The van der Waals surface area contributed by atoms with Crippen LogP contribution in [0.2, 0.25) is 12.1 Å². The van der Waals surface area contributed by atoms with E-state index in [0.29, 0.717) is 15.6 Å². The van der Waals surface area contributed by atoms with Crippen LogP contribution in [0.5, 0.6) is 0 Å². The molecular weight excluding hydrogens is 224 g/mol. The number of hydrogen-bond acceptors (Lipinski definition) is 1. The molecule has 0 aromatic rings. The SMILES string of the molecule is COC1CCC(CCCC2CC[SiH2]CC2)CC1. The van der Waals surface area contributed by atoms with E-state index < -0.39 is 0 Å². The van der Waals surface area contributed by atoms with Gasteiger partial charge in [0.1, 0.15) is 0 Å². The first-order valence-corrected chi connectivity index (χ1v) is 9.91. The van der Waals surface area contributed by atoms with Crippen molar-refractivity contribution < 1.29 is 4.74 Å². The van der Waals surface area contributed by atoms with E-state index >= 15 is 0 Å². The van der Waals surface area contributed by atoms with E-state index in [1.165, 1.54) is 38.5 Å². The molecule has 1 saturated carbocycles. The Kier molecular flexibility index (Phi) is 6.06. The lowest BCUT2D eigenvalue weighted by atomic mass is 9.83. The Hall–Kier alpha value is 0.177. The molecule has 1 saturated heterocycles. The van der Waals surface area contributed by atoms with Gasteiger partial charge in [0.25, 0.3) is 0 Å². The molecule has 0 N–H and O–H groups in total. The number of hydrogen-bond donors (Lipinski definition) is 0. The maximum absolute atomic E-state index is 5.44. The summed E-state index contributed by atoms with van der Waals surface area (Å²) in [6.45, 7) is 0. The summed E-state index contributed by atoms with van der Waals surface area (Å²) < 4.78 is 5.44. The van der Waals surface area contributed by atoms with Gasteiger partial charge >= 0.3 is 0 Å². The van der Waals surface area contributed by atoms with Crippen molar-refractivity contribution in [1.82, 2.24) is 0 Å². The molecule has 2 aliphatic rings. The molecule has 17 heavy (non-hydrogen) atoms. The molecule has 0 amide bonds. The lowest BCUT2D eigenvalue weighted by Crippen LogP contribution is -2.20. The average molecular weight is 254 g/mol. The minimum Gasteiger partial charge on any atom is -0.381 e. The van der Waals surface area contributed by atoms with E-state index in [1.807, 2.05) is 7.11 Å². The highest BCUT2D eigenvalue weighted by Crippen LogP contribution is 2.31. The van der Waals surface area contributed by atoms with Crippen LogP contribution in [0.25, 0.3) is 0 Å². The van der Waals surface area contributed by atoms with Crippen LogP contribution in [0.3, 0.4) is 0 Å². The molecule has 2 rings (SSSR count). The second-order valence-electron chi connectivity index (χ2n) is 6.31. The molecule has 2 fully saturated rings. The molecule has 1 nitrogen and oxygen atoms in total. The van der Waals surface area contributed by atoms with E-state index in [1.54, 1.807) is 31.4 Å². The van der Waals surface area contributed by atoms with Gasteiger partial charge in [-0.05, 0) is 37.5 Å². The third-order valence-electron chi connectivity index (χ3n) is 5.08. The zero-order valence-electron chi connectivity index (χ0n) is 11.6. The second-order valence-corrected chi connectivity index (χ2v) is 8.43. The lowest BCUT2D eigenvalue weighted by molar-refractivity contribution is 0.0550. The third-order valence-corrected chi connectivity index (χ3v) is 6.89. The fraction of sp³-hybridized carbons (Fsp3) is 1.00. The van der Waals surface area contributed by atoms with E-state index in [4.69, 9.17) is 4.74 Å². The van der Waals surface area contributed by atoms with Gasteiger partial charge in [-0.15, -0.1) is 0 Å². The molecule has 0 atom stereocenters. The fourth-order valence-corrected chi connectivity index (χ4v) is 5.91. The largest absolute Gasteiger partial charge is 0.381 e. The standard InChI is InChI=1S/C15H30OSi/c1-16-15-7-5-13(6-8-15)3-2-4-14-9-11-17-12-10-14/h13-15H,2-12,17H2,1H3. The molecule has 1 heterocycles. The quantitative estimate of drug-likeness (QED) is 0.679. The predicted octanol–water partition coefficient (Wildman–Crippen LogP) is 3.78. The van der Waals surface area contributed by atoms with Crippen molar-refractivity contribution in [3.05, 3.63) is 0 Å². The molecule has 100 valence electrons. The Balaban J connectivity index is 1.53. The van der Waals surface area contributed by atoms with Gasteiger partial charge in [0.15, 0.2) is 0 Å². The van der Waals surface area contributed by atoms with Crippen molar-refractivity contribution in [3.63, 3.8) is 0 Å². The lowest BCUT2D eigenvalue weighted by Gasteiger charge is -2.28. The normalized spacial score (nSPS) is 36.2. The molecule has 1 aliphatic heterocycles. The fourth-order valence-electron chi connectivity index (χ4n) is 3.83. The molecule has 0 spiro atoms. The van der Waals surface area contributed by atoms with Crippen molar-refractivity contribution in [1.29, 1.82) is 0 Å². The van der Waals surface area contributed by atoms with Crippen LogP contribution < -0.4 is 0 Å². The van der Waals surface area contributed by atoms with Gasteiger partial charge in [0, 0.05) is 16.6 Å². The summed E-state index contributed by atoms with van der Waals surface area (Å²) in [7, 11) is 2.28. The van der Waals surface area contributed by atoms with Crippen LogP contribution in [-0.2, 0) is 4.74 Å². The summed E-state index contributed by atoms with van der Waals surface area (Å²) in [5.41, 5.74) is 0. The highest BCUT2D eigenvalue weighted by atomic mass is 28.2. The Morgan fingerprint density at radius 2 is 1.47 bits per heavy atom. The van der Waals surface area contributed by atoms with E-state index in [9.17, 15) is 0 Å². The van der Waals surface area contributed by atoms with Crippen LogP contribution in [0.1, 0.15) is 57.8 Å². The van der Waals surface area contributed by atoms with Crippen LogP contribution in [-0.4, -0.2) is 22.7 Å². The summed E-state index contributed by atoms with van der Waals surface area (Å²) in [5, 5.41) is 0. The average Bonchev–Trinajstić information content (AvgIpc) is 2.41. The third kappa shape index (κ3) is 4.74. The van der Waals surface area contributed by atoms with E-state index in [2.05, 4.69) is 0 Å². The van der Waals surface area contributed by atoms with Crippen molar-refractivity contribution in [2.75, 3.05) is 7.11 Å². The molecule has 1 aliphatic carbocycles. The van der Waals surface area contributed by atoms with Gasteiger partial charge in [0.05, 0.1) is 6.10 Å². The second kappa shape index (κ2) is 7.58. The minimum atomic E-state index is 0.412. The molecule has 0 aromatic heterocycles. The van der Waals surface area contributed by atoms with Crippen LogP contribution in [0.15, 0.2) is 0 Å². The summed E-state index contributed by atoms with van der Waals surface area (Å²) in [6.07, 6.45) is 13.8. The van der Waals surface area contributed by atoms with Gasteiger partial charge in [-0.25, -0.2) is 0 Å². The van der Waals surface area contributed by atoms with Crippen molar-refractivity contribution >= 4 is 9.52 Å². The van der Waals surface area contributed by atoms with Gasteiger partial charge in [-0.3, -0.25) is 0 Å². The summed E-state index contributed by atoms with van der Waals surface area (Å²) in [4.78, 5) is 0. The van der Waals surface area contributed by atoms with Crippen molar-refractivity contribution in [2.45, 2.75) is 76.0 Å². The zero-order valence-corrected chi connectivity index (χ0v) is 13.0. The van der Waals surface area contributed by atoms with E-state index in [0.717, 1.165) is 11.8 Å². The topological polar surface area (TPSA) is 9.23 Å². The molecule has 0 unspecified atom stereocenters. The first kappa shape index (κ1) is 13.6. The number of ether oxygens (including phenoxy) is 1. The first-order chi connectivity index (χ1) is 8.38. The van der Waals surface area contributed by atoms with Gasteiger partial charge in [0.2, 0.25) is 0 Å². The van der Waals surface area contributed by atoms with E-state index in [-0.39, 0.29) is 0 Å². The Morgan fingerprint density at radius 3 is 2.06 bits per heavy atom. The molecule has 0 radical (unpaired) electrons. The van der Waals surface area contributed by atoms with Crippen LogP contribution in [0.4, 0.5) is 0 Å². The Bertz CT molecular complexity index is 193. The van der Waals surface area contributed by atoms with Gasteiger partial charge < -0.3 is 4.74 Å². The Morgan fingerprint density at radius 1 is 0.882 bits per heavy atom. The maximum atomic E-state index is 5.44. The van der Waals surface area contributed by atoms with Gasteiger partial charge in [-0.1, -0.05) is 44.2 Å². The first-order valence-electron chi connectivity index (χ1n) is 7.91. The molecular formula is C15H30OSi. The molecule has 2 heteroatoms. The maximum Gasteiger partial charge on any atom is 0.0571 e. The number of rotatable bonds is 5.